The van der Waals surface area contributed by atoms with E-state index in [1.54, 1.807) is 5.10 Å². The van der Waals surface area contributed by atoms with Crippen LogP contribution in [-0.4, -0.2) is 36.9 Å². The number of alkyl halides is 6. The molecule has 0 unspecified atom stereocenters. The minimum Gasteiger partial charge on any atom is -0.381 e. The molecule has 2 atom stereocenters. The molecule has 1 aromatic carbocycles. The van der Waals surface area contributed by atoms with E-state index in [1.165, 1.54) is 13.0 Å². The maximum Gasteiger partial charge on any atom is 0.423 e. The van der Waals surface area contributed by atoms with Crippen molar-refractivity contribution < 1.29 is 35.1 Å². The van der Waals surface area contributed by atoms with Crippen LogP contribution in [0.15, 0.2) is 46.5 Å². The fourth-order valence-electron chi connectivity index (χ4n) is 4.06. The molecule has 16 heteroatoms. The van der Waals surface area contributed by atoms with Gasteiger partial charge in [0, 0.05) is 31.1 Å². The Kier molecular flexibility index (Phi) is 7.88. The monoisotopic (exact) mass is 574 g/mol. The zero-order chi connectivity index (χ0) is 29.4. The van der Waals surface area contributed by atoms with Crippen molar-refractivity contribution in [2.75, 3.05) is 5.32 Å². The van der Waals surface area contributed by atoms with Gasteiger partial charge in [0.1, 0.15) is 11.7 Å². The number of anilines is 1. The SMILES string of the molecule is C[C@@H](C[C@@H](F)Cn1ccc2cc(-c3ncc(C(F)F)cn3)c(F)c(F)c2c1=O)Nc1cn[nH]c(=O)c1C(F)(F)F. The van der Waals surface area contributed by atoms with Crippen LogP contribution in [0.5, 0.6) is 0 Å². The van der Waals surface area contributed by atoms with Gasteiger partial charge in [-0.15, -0.1) is 0 Å². The second-order valence-corrected chi connectivity index (χ2v) is 8.79. The van der Waals surface area contributed by atoms with Crippen molar-refractivity contribution in [2.24, 2.45) is 0 Å². The molecule has 4 rings (SSSR count). The number of aromatic amines is 1. The van der Waals surface area contributed by atoms with Crippen molar-refractivity contribution in [3.8, 4) is 11.4 Å². The third-order valence-corrected chi connectivity index (χ3v) is 5.86. The number of fused-ring (bicyclic) bond motifs is 1. The molecule has 0 spiro atoms. The van der Waals surface area contributed by atoms with E-state index in [0.29, 0.717) is 0 Å². The van der Waals surface area contributed by atoms with E-state index in [1.807, 2.05) is 0 Å². The third-order valence-electron chi connectivity index (χ3n) is 5.86. The molecule has 0 aliphatic heterocycles. The van der Waals surface area contributed by atoms with Crippen LogP contribution < -0.4 is 16.4 Å². The first-order valence-corrected chi connectivity index (χ1v) is 11.4. The summed E-state index contributed by atoms with van der Waals surface area (Å²) in [6.45, 7) is 0.686. The van der Waals surface area contributed by atoms with Crippen molar-refractivity contribution in [1.29, 1.82) is 0 Å². The summed E-state index contributed by atoms with van der Waals surface area (Å²) in [7, 11) is 0. The number of H-pyrrole nitrogens is 1. The molecule has 3 heterocycles. The highest BCUT2D eigenvalue weighted by Crippen LogP contribution is 2.32. The van der Waals surface area contributed by atoms with E-state index in [0.717, 1.165) is 35.4 Å². The highest BCUT2D eigenvalue weighted by Gasteiger charge is 2.37. The van der Waals surface area contributed by atoms with Gasteiger partial charge < -0.3 is 9.88 Å². The summed E-state index contributed by atoms with van der Waals surface area (Å²) in [6, 6.07) is 1.27. The predicted octanol–water partition coefficient (Wildman–Crippen LogP) is 5.01. The number of hydrogen-bond acceptors (Lipinski definition) is 6. The zero-order valence-electron chi connectivity index (χ0n) is 20.2. The number of nitrogens with zero attached hydrogens (tertiary/aromatic N) is 4. The van der Waals surface area contributed by atoms with Gasteiger partial charge in [0.25, 0.3) is 17.5 Å². The Bertz CT molecular complexity index is 1650. The van der Waals surface area contributed by atoms with E-state index in [4.69, 9.17) is 0 Å². The summed E-state index contributed by atoms with van der Waals surface area (Å²) >= 11 is 0. The maximum atomic E-state index is 15.0. The Morgan fingerprint density at radius 1 is 1.05 bits per heavy atom. The van der Waals surface area contributed by atoms with Crippen LogP contribution in [0.25, 0.3) is 22.2 Å². The normalized spacial score (nSPS) is 13.6. The number of hydrogen-bond donors (Lipinski definition) is 2. The van der Waals surface area contributed by atoms with E-state index in [2.05, 4.69) is 20.4 Å². The van der Waals surface area contributed by atoms with Gasteiger partial charge in [-0.1, -0.05) is 0 Å². The Labute approximate surface area is 218 Å². The number of nitrogens with one attached hydrogen (secondary N) is 2. The number of aromatic nitrogens is 5. The van der Waals surface area contributed by atoms with Gasteiger partial charge in [-0.2, -0.15) is 18.3 Å². The first kappa shape index (κ1) is 28.6. The molecular weight excluding hydrogens is 556 g/mol. The molecule has 3 aromatic heterocycles. The molecule has 0 aliphatic rings. The fourth-order valence-corrected chi connectivity index (χ4v) is 4.06. The maximum absolute atomic E-state index is 15.0. The standard InChI is InChI=1S/C24H18F8N6O2/c1-10(36-15-8-35-37-22(39)17(15)24(30,31)32)4-13(25)9-38-3-2-11-5-14(18(26)19(27)16(11)23(38)40)21-33-6-12(7-34-21)20(28)29/h2-3,5-8,10,13,20H,4,9H2,1H3,(H2,36,37,39)/t10-,13+/m0/s1. The first-order valence-electron chi connectivity index (χ1n) is 11.4. The molecule has 0 radical (unpaired) electrons. The molecule has 0 amide bonds. The minimum absolute atomic E-state index is 0.0939. The Morgan fingerprint density at radius 2 is 1.73 bits per heavy atom. The number of benzene rings is 1. The van der Waals surface area contributed by atoms with Gasteiger partial charge in [-0.05, 0) is 24.4 Å². The lowest BCUT2D eigenvalue weighted by molar-refractivity contribution is -0.138. The third kappa shape index (κ3) is 5.79. The van der Waals surface area contributed by atoms with Crippen LogP contribution in [-0.2, 0) is 12.7 Å². The highest BCUT2D eigenvalue weighted by atomic mass is 19.4. The van der Waals surface area contributed by atoms with Crippen molar-refractivity contribution >= 4 is 16.5 Å². The Hall–Kier alpha value is -4.37. The second kappa shape index (κ2) is 11.0. The van der Waals surface area contributed by atoms with Crippen molar-refractivity contribution in [3.05, 3.63) is 80.4 Å². The lowest BCUT2D eigenvalue weighted by Crippen LogP contribution is -2.30. The summed E-state index contributed by atoms with van der Waals surface area (Å²) in [5.74, 6) is -3.50. The lowest BCUT2D eigenvalue weighted by atomic mass is 10.1. The second-order valence-electron chi connectivity index (χ2n) is 8.79. The van der Waals surface area contributed by atoms with E-state index in [9.17, 15) is 44.7 Å². The molecule has 4 aromatic rings. The van der Waals surface area contributed by atoms with E-state index < -0.39 is 94.1 Å². The van der Waals surface area contributed by atoms with Crippen molar-refractivity contribution in [2.45, 2.75) is 44.7 Å². The van der Waals surface area contributed by atoms with Crippen LogP contribution in [0.1, 0.15) is 30.9 Å². The molecular formula is C24H18F8N6O2. The average molecular weight is 574 g/mol. The number of pyridine rings is 1. The average Bonchev–Trinajstić information content (AvgIpc) is 2.86. The molecule has 0 fully saturated rings. The Morgan fingerprint density at radius 3 is 2.35 bits per heavy atom. The quantitative estimate of drug-likeness (QED) is 0.287. The molecule has 0 saturated carbocycles. The molecule has 40 heavy (non-hydrogen) atoms. The van der Waals surface area contributed by atoms with Crippen LogP contribution in [0.2, 0.25) is 0 Å². The van der Waals surface area contributed by atoms with Gasteiger partial charge >= 0.3 is 6.18 Å². The zero-order valence-corrected chi connectivity index (χ0v) is 20.2. The summed E-state index contributed by atoms with van der Waals surface area (Å²) in [6.07, 6.45) is -6.81. The lowest BCUT2D eigenvalue weighted by Gasteiger charge is -2.20. The minimum atomic E-state index is -5.01. The van der Waals surface area contributed by atoms with E-state index in [-0.39, 0.29) is 5.39 Å². The molecule has 0 saturated heterocycles. The van der Waals surface area contributed by atoms with Crippen LogP contribution in [0.3, 0.4) is 0 Å². The van der Waals surface area contributed by atoms with Crippen molar-refractivity contribution in [1.82, 2.24) is 24.7 Å². The topological polar surface area (TPSA) is 106 Å². The van der Waals surface area contributed by atoms with Gasteiger partial charge in [0.2, 0.25) is 0 Å². The smallest absolute Gasteiger partial charge is 0.381 e. The van der Waals surface area contributed by atoms with Crippen LogP contribution >= 0.6 is 0 Å². The van der Waals surface area contributed by atoms with Crippen LogP contribution in [0.4, 0.5) is 40.8 Å². The summed E-state index contributed by atoms with van der Waals surface area (Å²) < 4.78 is 111. The largest absolute Gasteiger partial charge is 0.423 e. The molecule has 8 nitrogen and oxygen atoms in total. The van der Waals surface area contributed by atoms with Gasteiger partial charge in [0.15, 0.2) is 17.5 Å². The number of halogens is 8. The highest BCUT2D eigenvalue weighted by molar-refractivity contribution is 5.86. The molecule has 2 N–H and O–H groups in total. The van der Waals surface area contributed by atoms with Gasteiger partial charge in [-0.3, -0.25) is 9.59 Å². The summed E-state index contributed by atoms with van der Waals surface area (Å²) in [5.41, 5.74) is -5.80. The first-order chi connectivity index (χ1) is 18.8. The molecule has 212 valence electrons. The van der Waals surface area contributed by atoms with Gasteiger partial charge in [0.05, 0.1) is 34.9 Å². The van der Waals surface area contributed by atoms with E-state index >= 15 is 0 Å². The predicted molar refractivity (Wildman–Crippen MR) is 127 cm³/mol. The molecule has 0 bridgehead atoms. The fraction of sp³-hybridized carbons (Fsp3) is 0.292. The number of rotatable bonds is 8. The van der Waals surface area contributed by atoms with Crippen molar-refractivity contribution in [3.63, 3.8) is 0 Å². The molecule has 0 aliphatic carbocycles. The van der Waals surface area contributed by atoms with Crippen LogP contribution in [0, 0.1) is 11.6 Å². The summed E-state index contributed by atoms with van der Waals surface area (Å²) in [5, 5.41) is 6.55. The van der Waals surface area contributed by atoms with Gasteiger partial charge in [-0.25, -0.2) is 37.0 Å². The summed E-state index contributed by atoms with van der Waals surface area (Å²) in [4.78, 5) is 31.7. The Balaban J connectivity index is 1.55.